The van der Waals surface area contributed by atoms with Gasteiger partial charge >= 0.3 is 0 Å². The summed E-state index contributed by atoms with van der Waals surface area (Å²) >= 11 is 0. The van der Waals surface area contributed by atoms with E-state index in [9.17, 15) is 5.11 Å². The second-order valence-electron chi connectivity index (χ2n) is 4.39. The van der Waals surface area contributed by atoms with Gasteiger partial charge in [0.15, 0.2) is 0 Å². The lowest BCUT2D eigenvalue weighted by molar-refractivity contribution is 0.211. The molecule has 80 valence electrons. The van der Waals surface area contributed by atoms with E-state index in [0.29, 0.717) is 5.92 Å². The van der Waals surface area contributed by atoms with Crippen LogP contribution < -0.4 is 0 Å². The van der Waals surface area contributed by atoms with Gasteiger partial charge < -0.3 is 5.11 Å². The summed E-state index contributed by atoms with van der Waals surface area (Å²) in [5.41, 5.74) is 2.56. The Kier molecular flexibility index (Phi) is 3.22. The van der Waals surface area contributed by atoms with E-state index in [0.717, 1.165) is 12.8 Å². The minimum atomic E-state index is -0.259. The van der Waals surface area contributed by atoms with Gasteiger partial charge in [-0.15, -0.1) is 0 Å². The Morgan fingerprint density at radius 3 is 2.60 bits per heavy atom. The minimum absolute atomic E-state index is 0.259. The molecule has 2 rings (SSSR count). The monoisotopic (exact) mass is 202 g/mol. The lowest BCUT2D eigenvalue weighted by Crippen LogP contribution is -2.01. The van der Waals surface area contributed by atoms with Gasteiger partial charge in [-0.2, -0.15) is 0 Å². The summed E-state index contributed by atoms with van der Waals surface area (Å²) in [5.74, 6) is 0.560. The molecule has 0 radical (unpaired) electrons. The maximum atomic E-state index is 9.76. The number of aliphatic hydroxyl groups excluding tert-OH is 1. The van der Waals surface area contributed by atoms with Crippen molar-refractivity contribution in [2.45, 2.75) is 32.3 Å². The van der Waals surface area contributed by atoms with Crippen LogP contribution in [-0.2, 0) is 0 Å². The highest BCUT2D eigenvalue weighted by Crippen LogP contribution is 2.31. The van der Waals surface area contributed by atoms with Crippen LogP contribution in [0.25, 0.3) is 5.57 Å². The molecule has 0 saturated heterocycles. The molecule has 1 aliphatic rings. The van der Waals surface area contributed by atoms with Gasteiger partial charge in [0.1, 0.15) is 0 Å². The first kappa shape index (κ1) is 10.4. The highest BCUT2D eigenvalue weighted by molar-refractivity contribution is 5.67. The van der Waals surface area contributed by atoms with Gasteiger partial charge in [-0.25, -0.2) is 0 Å². The smallest absolute Gasteiger partial charge is 0.0726 e. The average molecular weight is 202 g/mol. The van der Waals surface area contributed by atoms with E-state index in [1.807, 2.05) is 12.1 Å². The van der Waals surface area contributed by atoms with Gasteiger partial charge in [0.05, 0.1) is 6.10 Å². The summed E-state index contributed by atoms with van der Waals surface area (Å²) in [6.45, 7) is 2.25. The molecule has 1 nitrogen and oxygen atoms in total. The lowest BCUT2D eigenvalue weighted by atomic mass is 9.92. The average Bonchev–Trinajstić information content (AvgIpc) is 2.42. The van der Waals surface area contributed by atoms with Crippen LogP contribution in [0.4, 0.5) is 0 Å². The molecule has 0 heterocycles. The summed E-state index contributed by atoms with van der Waals surface area (Å²) in [5, 5.41) is 9.76. The van der Waals surface area contributed by atoms with E-state index >= 15 is 0 Å². The molecule has 0 fully saturated rings. The molecule has 0 spiro atoms. The van der Waals surface area contributed by atoms with Crippen LogP contribution in [0.15, 0.2) is 36.4 Å². The molecule has 1 aromatic rings. The standard InChI is InChI=1S/C14H18O/c1-11-6-5-9-13(15)10-14(11)12-7-3-2-4-8-12/h2-4,7-8,10-11,13,15H,5-6,9H2,1H3/t11-,13-/m0/s1. The molecule has 0 unspecified atom stereocenters. The number of hydrogen-bond acceptors (Lipinski definition) is 1. The fourth-order valence-corrected chi connectivity index (χ4v) is 2.25. The number of hydrogen-bond donors (Lipinski definition) is 1. The molecule has 1 aromatic carbocycles. The molecule has 15 heavy (non-hydrogen) atoms. The fourth-order valence-electron chi connectivity index (χ4n) is 2.25. The van der Waals surface area contributed by atoms with E-state index in [2.05, 4.69) is 31.2 Å². The van der Waals surface area contributed by atoms with Gasteiger partial charge in [-0.1, -0.05) is 43.3 Å². The lowest BCUT2D eigenvalue weighted by Gasteiger charge is -2.14. The summed E-state index contributed by atoms with van der Waals surface area (Å²) in [4.78, 5) is 0. The van der Waals surface area contributed by atoms with E-state index in [1.54, 1.807) is 0 Å². The van der Waals surface area contributed by atoms with E-state index in [4.69, 9.17) is 0 Å². The molecule has 1 heteroatoms. The molecule has 0 amide bonds. The van der Waals surface area contributed by atoms with Crippen molar-refractivity contribution in [2.75, 3.05) is 0 Å². The van der Waals surface area contributed by atoms with Gasteiger partial charge in [0, 0.05) is 0 Å². The topological polar surface area (TPSA) is 20.2 Å². The van der Waals surface area contributed by atoms with E-state index in [1.165, 1.54) is 17.6 Å². The Hall–Kier alpha value is -1.08. The van der Waals surface area contributed by atoms with Crippen LogP contribution in [-0.4, -0.2) is 11.2 Å². The summed E-state index contributed by atoms with van der Waals surface area (Å²) in [6.07, 6.45) is 4.98. The van der Waals surface area contributed by atoms with Gasteiger partial charge in [0.2, 0.25) is 0 Å². The maximum Gasteiger partial charge on any atom is 0.0726 e. The van der Waals surface area contributed by atoms with Gasteiger partial charge in [0.25, 0.3) is 0 Å². The Bertz CT molecular complexity index is 340. The summed E-state index contributed by atoms with van der Waals surface area (Å²) < 4.78 is 0. The third kappa shape index (κ3) is 2.48. The molecule has 0 aliphatic heterocycles. The highest BCUT2D eigenvalue weighted by atomic mass is 16.3. The van der Waals surface area contributed by atoms with Crippen molar-refractivity contribution in [2.24, 2.45) is 5.92 Å². The van der Waals surface area contributed by atoms with Crippen molar-refractivity contribution in [1.29, 1.82) is 0 Å². The van der Waals surface area contributed by atoms with Crippen LogP contribution in [0.5, 0.6) is 0 Å². The van der Waals surface area contributed by atoms with Crippen LogP contribution in [0.2, 0.25) is 0 Å². The first-order valence-electron chi connectivity index (χ1n) is 5.72. The second-order valence-corrected chi connectivity index (χ2v) is 4.39. The van der Waals surface area contributed by atoms with Crippen molar-refractivity contribution >= 4 is 5.57 Å². The largest absolute Gasteiger partial charge is 0.389 e. The Balaban J connectivity index is 2.32. The van der Waals surface area contributed by atoms with E-state index < -0.39 is 0 Å². The second kappa shape index (κ2) is 4.63. The Morgan fingerprint density at radius 1 is 1.13 bits per heavy atom. The molecule has 0 saturated carbocycles. The molecule has 1 aliphatic carbocycles. The zero-order valence-electron chi connectivity index (χ0n) is 9.19. The molecule has 0 bridgehead atoms. The normalized spacial score (nSPS) is 26.9. The van der Waals surface area contributed by atoms with E-state index in [-0.39, 0.29) is 6.10 Å². The third-order valence-electron chi connectivity index (χ3n) is 3.15. The molecular formula is C14H18O. The number of allylic oxidation sites excluding steroid dienone is 1. The van der Waals surface area contributed by atoms with Crippen molar-refractivity contribution in [3.8, 4) is 0 Å². The van der Waals surface area contributed by atoms with Crippen molar-refractivity contribution in [3.05, 3.63) is 42.0 Å². The van der Waals surface area contributed by atoms with Crippen LogP contribution in [0.3, 0.4) is 0 Å². The van der Waals surface area contributed by atoms with Crippen molar-refractivity contribution in [1.82, 2.24) is 0 Å². The van der Waals surface area contributed by atoms with Gasteiger partial charge in [-0.3, -0.25) is 0 Å². The van der Waals surface area contributed by atoms with Crippen molar-refractivity contribution < 1.29 is 5.11 Å². The molecule has 1 N–H and O–H groups in total. The maximum absolute atomic E-state index is 9.76. The predicted molar refractivity (Wildman–Crippen MR) is 63.4 cm³/mol. The number of benzene rings is 1. The Morgan fingerprint density at radius 2 is 1.87 bits per heavy atom. The summed E-state index contributed by atoms with van der Waals surface area (Å²) in [7, 11) is 0. The van der Waals surface area contributed by atoms with Crippen molar-refractivity contribution in [3.63, 3.8) is 0 Å². The molecule has 2 atom stereocenters. The minimum Gasteiger partial charge on any atom is -0.389 e. The van der Waals surface area contributed by atoms with Gasteiger partial charge in [-0.05, 0) is 36.3 Å². The van der Waals surface area contributed by atoms with Crippen LogP contribution in [0.1, 0.15) is 31.7 Å². The van der Waals surface area contributed by atoms with Crippen LogP contribution >= 0.6 is 0 Å². The number of rotatable bonds is 1. The Labute approximate surface area is 91.4 Å². The summed E-state index contributed by atoms with van der Waals surface area (Å²) in [6, 6.07) is 10.4. The first-order chi connectivity index (χ1) is 7.27. The SMILES string of the molecule is C[C@H]1CCC[C@H](O)C=C1c1ccccc1. The third-order valence-corrected chi connectivity index (χ3v) is 3.15. The molecular weight excluding hydrogens is 184 g/mol. The quantitative estimate of drug-likeness (QED) is 0.741. The zero-order valence-corrected chi connectivity index (χ0v) is 9.19. The zero-order chi connectivity index (χ0) is 10.7. The predicted octanol–water partition coefficient (Wildman–Crippen LogP) is 3.25. The highest BCUT2D eigenvalue weighted by Gasteiger charge is 2.16. The number of aliphatic hydroxyl groups is 1. The first-order valence-corrected chi connectivity index (χ1v) is 5.72. The van der Waals surface area contributed by atoms with Crippen LogP contribution in [0, 0.1) is 5.92 Å². The molecule has 0 aromatic heterocycles. The fraction of sp³-hybridized carbons (Fsp3) is 0.429.